The molecule has 3 heterocycles. The summed E-state index contributed by atoms with van der Waals surface area (Å²) in [5, 5.41) is 3.62. The van der Waals surface area contributed by atoms with Gasteiger partial charge in [-0.3, -0.25) is 15.0 Å². The Morgan fingerprint density at radius 2 is 2.12 bits per heavy atom. The van der Waals surface area contributed by atoms with E-state index in [1.54, 1.807) is 0 Å². The molecule has 1 aromatic rings. The minimum Gasteiger partial charge on any atom is -0.381 e. The van der Waals surface area contributed by atoms with Crippen LogP contribution in [0.15, 0.2) is 0 Å². The number of nitrogens with one attached hydrogen (secondary N) is 1. The Morgan fingerprint density at radius 3 is 2.83 bits per heavy atom. The molecule has 134 valence electrons. The molecule has 1 atom stereocenters. The van der Waals surface area contributed by atoms with E-state index < -0.39 is 0 Å². The lowest BCUT2D eigenvalue weighted by Crippen LogP contribution is -2.49. The Hall–Kier alpha value is -1.05. The molecule has 24 heavy (non-hydrogen) atoms. The molecule has 2 aliphatic heterocycles. The fraction of sp³-hybridized carbons (Fsp3) is 0.824. The molecule has 6 nitrogen and oxygen atoms in total. The van der Waals surface area contributed by atoms with Gasteiger partial charge < -0.3 is 4.74 Å². The van der Waals surface area contributed by atoms with E-state index in [2.05, 4.69) is 33.4 Å². The maximum Gasteiger partial charge on any atom is 0.243 e. The van der Waals surface area contributed by atoms with E-state index >= 15 is 0 Å². The van der Waals surface area contributed by atoms with Gasteiger partial charge in [-0.25, -0.2) is 4.98 Å². The van der Waals surface area contributed by atoms with Crippen LogP contribution in [0.1, 0.15) is 57.7 Å². The molecule has 2 aliphatic rings. The second-order valence-electron chi connectivity index (χ2n) is 7.16. The van der Waals surface area contributed by atoms with Gasteiger partial charge in [-0.2, -0.15) is 4.37 Å². The Balaban J connectivity index is 1.59. The number of carbonyl (C=O) groups excluding carboxylic acids is 1. The summed E-state index contributed by atoms with van der Waals surface area (Å²) in [5.74, 6) is 1.82. The lowest BCUT2D eigenvalue weighted by atomic mass is 9.95. The molecular weight excluding hydrogens is 324 g/mol. The number of rotatable bonds is 5. The molecule has 0 aromatic carbocycles. The number of anilines is 1. The van der Waals surface area contributed by atoms with Crippen molar-refractivity contribution in [3.8, 4) is 0 Å². The third kappa shape index (κ3) is 4.52. The van der Waals surface area contributed by atoms with E-state index in [9.17, 15) is 4.79 Å². The number of ether oxygens (including phenoxy) is 1. The maximum atomic E-state index is 12.8. The number of hydrogen-bond acceptors (Lipinski definition) is 6. The van der Waals surface area contributed by atoms with Gasteiger partial charge >= 0.3 is 0 Å². The second kappa shape index (κ2) is 8.36. The summed E-state index contributed by atoms with van der Waals surface area (Å²) in [6.45, 7) is 7.86. The highest BCUT2D eigenvalue weighted by atomic mass is 32.1. The summed E-state index contributed by atoms with van der Waals surface area (Å²) in [7, 11) is 0. The molecule has 3 rings (SSSR count). The fourth-order valence-electron chi connectivity index (χ4n) is 3.48. The predicted octanol–water partition coefficient (Wildman–Crippen LogP) is 2.88. The summed E-state index contributed by atoms with van der Waals surface area (Å²) in [4.78, 5) is 19.6. The van der Waals surface area contributed by atoms with Crippen molar-refractivity contribution in [3.05, 3.63) is 5.82 Å². The first-order valence-corrected chi connectivity index (χ1v) is 9.87. The van der Waals surface area contributed by atoms with E-state index in [1.807, 2.05) is 0 Å². The molecule has 0 saturated carbocycles. The fourth-order valence-corrected chi connectivity index (χ4v) is 4.19. The summed E-state index contributed by atoms with van der Waals surface area (Å²) in [6, 6.07) is -0.0343. The quantitative estimate of drug-likeness (QED) is 0.882. The highest BCUT2D eigenvalue weighted by Crippen LogP contribution is 2.24. The van der Waals surface area contributed by atoms with E-state index in [0.29, 0.717) is 11.0 Å². The van der Waals surface area contributed by atoms with Gasteiger partial charge in [-0.05, 0) is 38.1 Å². The van der Waals surface area contributed by atoms with Gasteiger partial charge in [0.05, 0.1) is 6.04 Å². The third-order valence-corrected chi connectivity index (χ3v) is 5.58. The van der Waals surface area contributed by atoms with Crippen molar-refractivity contribution in [2.75, 3.05) is 31.6 Å². The molecule has 0 aliphatic carbocycles. The lowest BCUT2D eigenvalue weighted by Gasteiger charge is -2.37. The van der Waals surface area contributed by atoms with Crippen LogP contribution < -0.4 is 5.32 Å². The van der Waals surface area contributed by atoms with Crippen molar-refractivity contribution in [2.45, 2.75) is 57.9 Å². The van der Waals surface area contributed by atoms with Crippen molar-refractivity contribution in [1.29, 1.82) is 0 Å². The topological polar surface area (TPSA) is 67.4 Å². The number of aromatic nitrogens is 2. The van der Waals surface area contributed by atoms with Gasteiger partial charge in [0.25, 0.3) is 0 Å². The Bertz CT molecular complexity index is 542. The van der Waals surface area contributed by atoms with E-state index in [-0.39, 0.29) is 17.9 Å². The molecule has 0 radical (unpaired) electrons. The molecule has 0 unspecified atom stereocenters. The third-order valence-electron chi connectivity index (χ3n) is 4.94. The van der Waals surface area contributed by atoms with Crippen molar-refractivity contribution < 1.29 is 9.53 Å². The number of carbonyl (C=O) groups is 1. The molecule has 0 bridgehead atoms. The molecule has 1 aromatic heterocycles. The monoisotopic (exact) mass is 352 g/mol. The van der Waals surface area contributed by atoms with Gasteiger partial charge in [0, 0.05) is 37.2 Å². The zero-order valence-electron chi connectivity index (χ0n) is 14.7. The van der Waals surface area contributed by atoms with Crippen molar-refractivity contribution in [1.82, 2.24) is 14.3 Å². The standard InChI is InChI=1S/C17H28N4O2S/c1-12(2)15-18-17(24-20-15)19-16(22)14-5-3-4-8-21(14)11-13-6-9-23-10-7-13/h12-14H,3-11H2,1-2H3,(H,18,19,20,22)/t14-/m0/s1. The zero-order valence-corrected chi connectivity index (χ0v) is 15.5. The van der Waals surface area contributed by atoms with Crippen molar-refractivity contribution in [2.24, 2.45) is 5.92 Å². The van der Waals surface area contributed by atoms with Gasteiger partial charge in [0.15, 0.2) is 0 Å². The summed E-state index contributed by atoms with van der Waals surface area (Å²) < 4.78 is 9.77. The highest BCUT2D eigenvalue weighted by molar-refractivity contribution is 7.09. The SMILES string of the molecule is CC(C)c1nsc(NC(=O)[C@@H]2CCCCN2CC2CCOCC2)n1. The summed E-state index contributed by atoms with van der Waals surface area (Å²) >= 11 is 1.28. The van der Waals surface area contributed by atoms with Crippen LogP contribution in [-0.2, 0) is 9.53 Å². The largest absolute Gasteiger partial charge is 0.381 e. The first-order chi connectivity index (χ1) is 11.6. The van der Waals surface area contributed by atoms with Crippen LogP contribution in [0.3, 0.4) is 0 Å². The van der Waals surface area contributed by atoms with Crippen molar-refractivity contribution >= 4 is 22.6 Å². The molecule has 0 spiro atoms. The van der Waals surface area contributed by atoms with Crippen LogP contribution in [0.5, 0.6) is 0 Å². The minimum absolute atomic E-state index is 0.0343. The van der Waals surface area contributed by atoms with Crippen LogP contribution in [0, 0.1) is 5.92 Å². The highest BCUT2D eigenvalue weighted by Gasteiger charge is 2.31. The Kier molecular flexibility index (Phi) is 6.19. The number of nitrogens with zero attached hydrogens (tertiary/aromatic N) is 3. The number of hydrogen-bond donors (Lipinski definition) is 1. The first-order valence-electron chi connectivity index (χ1n) is 9.09. The average molecular weight is 353 g/mol. The molecule has 7 heteroatoms. The van der Waals surface area contributed by atoms with Gasteiger partial charge in [-0.15, -0.1) is 0 Å². The number of amides is 1. The van der Waals surface area contributed by atoms with Crippen LogP contribution >= 0.6 is 11.5 Å². The van der Waals surface area contributed by atoms with Crippen molar-refractivity contribution in [3.63, 3.8) is 0 Å². The van der Waals surface area contributed by atoms with Gasteiger partial charge in [-0.1, -0.05) is 20.3 Å². The van der Waals surface area contributed by atoms with Crippen LogP contribution in [0.2, 0.25) is 0 Å². The van der Waals surface area contributed by atoms with E-state index in [4.69, 9.17) is 4.74 Å². The Labute approximate surface area is 148 Å². The maximum absolute atomic E-state index is 12.8. The molecule has 2 fully saturated rings. The minimum atomic E-state index is -0.0343. The molecule has 2 saturated heterocycles. The van der Waals surface area contributed by atoms with Crippen LogP contribution in [-0.4, -0.2) is 52.5 Å². The smallest absolute Gasteiger partial charge is 0.243 e. The number of likely N-dealkylation sites (tertiary alicyclic amines) is 1. The Morgan fingerprint density at radius 1 is 1.33 bits per heavy atom. The van der Waals surface area contributed by atoms with E-state index in [1.165, 1.54) is 18.0 Å². The second-order valence-corrected chi connectivity index (χ2v) is 7.92. The van der Waals surface area contributed by atoms with Crippen LogP contribution in [0.4, 0.5) is 5.13 Å². The normalized spacial score (nSPS) is 23.5. The summed E-state index contributed by atoms with van der Waals surface area (Å²) in [5.41, 5.74) is 0. The predicted molar refractivity (Wildman–Crippen MR) is 95.4 cm³/mol. The molecular formula is C17H28N4O2S. The van der Waals surface area contributed by atoms with E-state index in [0.717, 1.165) is 57.8 Å². The summed E-state index contributed by atoms with van der Waals surface area (Å²) in [6.07, 6.45) is 5.46. The first kappa shape index (κ1) is 17.8. The van der Waals surface area contributed by atoms with Gasteiger partial charge in [0.1, 0.15) is 5.82 Å². The lowest BCUT2D eigenvalue weighted by molar-refractivity contribution is -0.122. The molecule has 1 N–H and O–H groups in total. The molecule has 1 amide bonds. The zero-order chi connectivity index (χ0) is 16.9. The van der Waals surface area contributed by atoms with Crippen LogP contribution in [0.25, 0.3) is 0 Å². The van der Waals surface area contributed by atoms with Gasteiger partial charge in [0.2, 0.25) is 11.0 Å². The number of piperidine rings is 1. The average Bonchev–Trinajstić information content (AvgIpc) is 3.05.